The van der Waals surface area contributed by atoms with Crippen molar-refractivity contribution < 1.29 is 18.0 Å². The highest BCUT2D eigenvalue weighted by molar-refractivity contribution is 7.89. The number of likely N-dealkylation sites (N-methyl/N-ethyl adjacent to an activating group) is 1. The van der Waals surface area contributed by atoms with Gasteiger partial charge in [0.05, 0.1) is 4.90 Å². The number of carbonyl (C=O) groups is 2. The molecule has 1 aromatic carbocycles. The second-order valence-electron chi connectivity index (χ2n) is 5.29. The molecule has 0 radical (unpaired) electrons. The van der Waals surface area contributed by atoms with Gasteiger partial charge in [-0.1, -0.05) is 18.2 Å². The van der Waals surface area contributed by atoms with Gasteiger partial charge in [0.15, 0.2) is 0 Å². The number of hydrogen-bond donors (Lipinski definition) is 2. The van der Waals surface area contributed by atoms with Crippen molar-refractivity contribution in [2.75, 3.05) is 19.6 Å². The maximum absolute atomic E-state index is 12.7. The van der Waals surface area contributed by atoms with Crippen molar-refractivity contribution in [2.45, 2.75) is 30.7 Å². The van der Waals surface area contributed by atoms with Gasteiger partial charge in [0, 0.05) is 25.7 Å². The first kappa shape index (κ1) is 17.4. The molecular formula is C15H21N3O4S. The fraction of sp³-hybridized carbons (Fsp3) is 0.467. The number of nitrogens with one attached hydrogen (secondary N) is 2. The van der Waals surface area contributed by atoms with Crippen LogP contribution in [0.4, 0.5) is 0 Å². The Bertz CT molecular complexity index is 661. The van der Waals surface area contributed by atoms with Crippen LogP contribution >= 0.6 is 0 Å². The van der Waals surface area contributed by atoms with Gasteiger partial charge in [0.25, 0.3) is 0 Å². The molecule has 2 N–H and O–H groups in total. The van der Waals surface area contributed by atoms with E-state index in [0.29, 0.717) is 19.5 Å². The summed E-state index contributed by atoms with van der Waals surface area (Å²) in [5.74, 6) is -1.45. The van der Waals surface area contributed by atoms with Gasteiger partial charge in [0.1, 0.15) is 0 Å². The molecule has 0 aromatic heterocycles. The van der Waals surface area contributed by atoms with Crippen LogP contribution in [0.3, 0.4) is 0 Å². The monoisotopic (exact) mass is 339 g/mol. The van der Waals surface area contributed by atoms with Crippen molar-refractivity contribution in [3.63, 3.8) is 0 Å². The van der Waals surface area contributed by atoms with Crippen molar-refractivity contribution in [1.29, 1.82) is 0 Å². The third-order valence-corrected chi connectivity index (χ3v) is 5.68. The lowest BCUT2D eigenvalue weighted by molar-refractivity contribution is -0.139. The smallest absolute Gasteiger partial charge is 0.309 e. The Morgan fingerprint density at radius 1 is 1.17 bits per heavy atom. The minimum Gasteiger partial charge on any atom is -0.348 e. The third-order valence-electron chi connectivity index (χ3n) is 3.71. The van der Waals surface area contributed by atoms with Gasteiger partial charge in [-0.05, 0) is 31.9 Å². The minimum atomic E-state index is -3.58. The van der Waals surface area contributed by atoms with Crippen molar-refractivity contribution in [3.8, 4) is 0 Å². The van der Waals surface area contributed by atoms with Crippen LogP contribution in [0.15, 0.2) is 35.2 Å². The lowest BCUT2D eigenvalue weighted by atomic mass is 10.2. The maximum Gasteiger partial charge on any atom is 0.309 e. The number of carbonyl (C=O) groups excluding carboxylic acids is 2. The first-order valence-corrected chi connectivity index (χ1v) is 9.03. The summed E-state index contributed by atoms with van der Waals surface area (Å²) in [7, 11) is -3.58. The van der Waals surface area contributed by atoms with E-state index in [4.69, 9.17) is 0 Å². The predicted molar refractivity (Wildman–Crippen MR) is 85.0 cm³/mol. The predicted octanol–water partition coefficient (Wildman–Crippen LogP) is 0.0920. The minimum absolute atomic E-state index is 0.127. The Hall–Kier alpha value is -1.93. The van der Waals surface area contributed by atoms with Crippen molar-refractivity contribution in [2.24, 2.45) is 0 Å². The largest absolute Gasteiger partial charge is 0.348 e. The lowest BCUT2D eigenvalue weighted by Gasteiger charge is -2.24. The van der Waals surface area contributed by atoms with Gasteiger partial charge in [-0.3, -0.25) is 9.59 Å². The zero-order valence-electron chi connectivity index (χ0n) is 13.0. The Morgan fingerprint density at radius 3 is 2.48 bits per heavy atom. The fourth-order valence-electron chi connectivity index (χ4n) is 2.59. The molecule has 0 spiro atoms. The SMILES string of the molecule is CCNC(=O)C(=O)NC[C@@H]1CCCN1S(=O)(=O)c1ccccc1. The Labute approximate surface area is 136 Å². The van der Waals surface area contributed by atoms with E-state index in [1.54, 1.807) is 37.3 Å². The van der Waals surface area contributed by atoms with Gasteiger partial charge < -0.3 is 10.6 Å². The molecule has 1 aromatic rings. The first-order chi connectivity index (χ1) is 11.0. The zero-order chi connectivity index (χ0) is 16.9. The van der Waals surface area contributed by atoms with Crippen LogP contribution in [0.5, 0.6) is 0 Å². The molecule has 126 valence electrons. The highest BCUT2D eigenvalue weighted by Gasteiger charge is 2.35. The summed E-state index contributed by atoms with van der Waals surface area (Å²) in [5.41, 5.74) is 0. The highest BCUT2D eigenvalue weighted by Crippen LogP contribution is 2.25. The average Bonchev–Trinajstić information content (AvgIpc) is 3.03. The molecule has 0 saturated carbocycles. The van der Waals surface area contributed by atoms with E-state index in [0.717, 1.165) is 6.42 Å². The Kier molecular flexibility index (Phi) is 5.73. The fourth-order valence-corrected chi connectivity index (χ4v) is 4.30. The number of hydrogen-bond acceptors (Lipinski definition) is 4. The van der Waals surface area contributed by atoms with Gasteiger partial charge >= 0.3 is 11.8 Å². The summed E-state index contributed by atoms with van der Waals surface area (Å²) < 4.78 is 26.7. The molecule has 0 aliphatic carbocycles. The van der Waals surface area contributed by atoms with Gasteiger partial charge in [-0.2, -0.15) is 4.31 Å². The summed E-state index contributed by atoms with van der Waals surface area (Å²) in [6.07, 6.45) is 1.38. The molecule has 8 heteroatoms. The molecule has 1 atom stereocenters. The quantitative estimate of drug-likeness (QED) is 0.743. The van der Waals surface area contributed by atoms with E-state index in [9.17, 15) is 18.0 Å². The van der Waals surface area contributed by atoms with Crippen LogP contribution in [0.1, 0.15) is 19.8 Å². The van der Waals surface area contributed by atoms with Crippen LogP contribution in [0, 0.1) is 0 Å². The second kappa shape index (κ2) is 7.56. The van der Waals surface area contributed by atoms with Crippen LogP contribution in [-0.4, -0.2) is 50.2 Å². The highest BCUT2D eigenvalue weighted by atomic mass is 32.2. The summed E-state index contributed by atoms with van der Waals surface area (Å²) >= 11 is 0. The van der Waals surface area contributed by atoms with Crippen molar-refractivity contribution in [1.82, 2.24) is 14.9 Å². The normalized spacial score (nSPS) is 18.6. The molecule has 1 fully saturated rings. The van der Waals surface area contributed by atoms with Gasteiger partial charge in [-0.25, -0.2) is 8.42 Å². The van der Waals surface area contributed by atoms with Crippen LogP contribution in [0.25, 0.3) is 0 Å². The molecule has 7 nitrogen and oxygen atoms in total. The average molecular weight is 339 g/mol. The lowest BCUT2D eigenvalue weighted by Crippen LogP contribution is -2.46. The van der Waals surface area contributed by atoms with E-state index in [1.807, 2.05) is 0 Å². The van der Waals surface area contributed by atoms with E-state index >= 15 is 0 Å². The van der Waals surface area contributed by atoms with E-state index < -0.39 is 21.8 Å². The Morgan fingerprint density at radius 2 is 1.83 bits per heavy atom. The van der Waals surface area contributed by atoms with Gasteiger partial charge in [-0.15, -0.1) is 0 Å². The summed E-state index contributed by atoms with van der Waals surface area (Å²) in [5, 5.41) is 4.91. The number of rotatable bonds is 5. The summed E-state index contributed by atoms with van der Waals surface area (Å²) in [6.45, 7) is 2.63. The van der Waals surface area contributed by atoms with Crippen LogP contribution < -0.4 is 10.6 Å². The number of sulfonamides is 1. The molecule has 0 unspecified atom stereocenters. The maximum atomic E-state index is 12.7. The van der Waals surface area contributed by atoms with E-state index in [-0.39, 0.29) is 17.5 Å². The molecule has 0 bridgehead atoms. The molecule has 1 saturated heterocycles. The number of benzene rings is 1. The number of amides is 2. The zero-order valence-corrected chi connectivity index (χ0v) is 13.8. The molecule has 1 aliphatic heterocycles. The number of nitrogens with zero attached hydrogens (tertiary/aromatic N) is 1. The molecule has 1 heterocycles. The van der Waals surface area contributed by atoms with Crippen LogP contribution in [-0.2, 0) is 19.6 Å². The molecule has 2 amide bonds. The third kappa shape index (κ3) is 4.08. The van der Waals surface area contributed by atoms with E-state index in [1.165, 1.54) is 4.31 Å². The molecular weight excluding hydrogens is 318 g/mol. The summed E-state index contributed by atoms with van der Waals surface area (Å²) in [6, 6.07) is 7.88. The molecule has 2 rings (SSSR count). The first-order valence-electron chi connectivity index (χ1n) is 7.59. The topological polar surface area (TPSA) is 95.6 Å². The van der Waals surface area contributed by atoms with Crippen LogP contribution in [0.2, 0.25) is 0 Å². The Balaban J connectivity index is 2.03. The van der Waals surface area contributed by atoms with Crippen molar-refractivity contribution in [3.05, 3.63) is 30.3 Å². The standard InChI is InChI=1S/C15H21N3O4S/c1-2-16-14(19)15(20)17-11-12-7-6-10-18(12)23(21,22)13-8-4-3-5-9-13/h3-5,8-9,12H,2,6-7,10-11H2,1H3,(H,16,19)(H,17,20)/t12-/m0/s1. The molecule has 1 aliphatic rings. The molecule has 23 heavy (non-hydrogen) atoms. The second-order valence-corrected chi connectivity index (χ2v) is 7.18. The van der Waals surface area contributed by atoms with Crippen molar-refractivity contribution >= 4 is 21.8 Å². The van der Waals surface area contributed by atoms with E-state index in [2.05, 4.69) is 10.6 Å². The summed E-state index contributed by atoms with van der Waals surface area (Å²) in [4.78, 5) is 23.3. The van der Waals surface area contributed by atoms with Gasteiger partial charge in [0.2, 0.25) is 10.0 Å².